The van der Waals surface area contributed by atoms with Crippen molar-refractivity contribution in [3.8, 4) is 0 Å². The highest BCUT2D eigenvalue weighted by Crippen LogP contribution is 2.22. The minimum Gasteiger partial charge on any atom is -0.320 e. The van der Waals surface area contributed by atoms with E-state index in [0.717, 1.165) is 22.3 Å². The number of nitrogens with one attached hydrogen (secondary N) is 2. The molecule has 0 saturated heterocycles. The van der Waals surface area contributed by atoms with E-state index in [1.54, 1.807) is 0 Å². The van der Waals surface area contributed by atoms with E-state index in [-0.39, 0.29) is 5.54 Å². The first-order valence-electron chi connectivity index (χ1n) is 5.85. The zero-order valence-electron chi connectivity index (χ0n) is 10.8. The van der Waals surface area contributed by atoms with Gasteiger partial charge in [-0.25, -0.2) is 5.43 Å². The van der Waals surface area contributed by atoms with Gasteiger partial charge in [0.05, 0.1) is 11.2 Å². The van der Waals surface area contributed by atoms with Crippen LogP contribution >= 0.6 is 0 Å². The van der Waals surface area contributed by atoms with Gasteiger partial charge >= 0.3 is 0 Å². The van der Waals surface area contributed by atoms with Gasteiger partial charge in [-0.3, -0.25) is 4.98 Å². The summed E-state index contributed by atoms with van der Waals surface area (Å²) >= 11 is 0. The van der Waals surface area contributed by atoms with Crippen LogP contribution in [-0.4, -0.2) is 10.5 Å². The maximum absolute atomic E-state index is 4.51. The SMILES string of the molecule is Cc1cc(NNC(C)(C)C)c2ccccc2n1. The predicted octanol–water partition coefficient (Wildman–Crippen LogP) is 3.26. The Bertz CT molecular complexity index is 526. The zero-order valence-corrected chi connectivity index (χ0v) is 10.8. The van der Waals surface area contributed by atoms with Gasteiger partial charge < -0.3 is 5.43 Å². The van der Waals surface area contributed by atoms with Gasteiger partial charge in [-0.15, -0.1) is 0 Å². The molecule has 2 rings (SSSR count). The van der Waals surface area contributed by atoms with Crippen molar-refractivity contribution in [2.45, 2.75) is 33.2 Å². The number of benzene rings is 1. The fourth-order valence-electron chi connectivity index (χ4n) is 1.67. The molecule has 3 nitrogen and oxygen atoms in total. The molecule has 1 aromatic heterocycles. The molecule has 90 valence electrons. The maximum atomic E-state index is 4.51. The molecule has 0 unspecified atom stereocenters. The third-order valence-corrected chi connectivity index (χ3v) is 2.42. The Morgan fingerprint density at radius 1 is 1.12 bits per heavy atom. The fraction of sp³-hybridized carbons (Fsp3) is 0.357. The van der Waals surface area contributed by atoms with Crippen LogP contribution in [-0.2, 0) is 0 Å². The van der Waals surface area contributed by atoms with Crippen LogP contribution < -0.4 is 10.9 Å². The summed E-state index contributed by atoms with van der Waals surface area (Å²) in [4.78, 5) is 4.51. The van der Waals surface area contributed by atoms with Crippen molar-refractivity contribution in [3.63, 3.8) is 0 Å². The number of nitrogens with zero attached hydrogens (tertiary/aromatic N) is 1. The molecule has 2 N–H and O–H groups in total. The molecule has 2 aromatic rings. The fourth-order valence-corrected chi connectivity index (χ4v) is 1.67. The van der Waals surface area contributed by atoms with Crippen LogP contribution in [0.5, 0.6) is 0 Å². The number of hydrogen-bond acceptors (Lipinski definition) is 3. The average Bonchev–Trinajstić information content (AvgIpc) is 2.24. The lowest BCUT2D eigenvalue weighted by atomic mass is 10.1. The number of fused-ring (bicyclic) bond motifs is 1. The molecule has 0 bridgehead atoms. The third kappa shape index (κ3) is 2.94. The quantitative estimate of drug-likeness (QED) is 0.776. The van der Waals surface area contributed by atoms with Crippen LogP contribution in [0.2, 0.25) is 0 Å². The van der Waals surface area contributed by atoms with Crippen LogP contribution in [0.4, 0.5) is 5.69 Å². The van der Waals surface area contributed by atoms with E-state index < -0.39 is 0 Å². The highest BCUT2D eigenvalue weighted by Gasteiger charge is 2.09. The summed E-state index contributed by atoms with van der Waals surface area (Å²) < 4.78 is 0. The summed E-state index contributed by atoms with van der Waals surface area (Å²) in [6.45, 7) is 8.37. The Hall–Kier alpha value is -1.61. The Balaban J connectivity index is 2.39. The second-order valence-corrected chi connectivity index (χ2v) is 5.33. The molecule has 1 heterocycles. The van der Waals surface area contributed by atoms with E-state index in [2.05, 4.69) is 48.7 Å². The smallest absolute Gasteiger partial charge is 0.0726 e. The van der Waals surface area contributed by atoms with E-state index >= 15 is 0 Å². The minimum atomic E-state index is 0.0261. The lowest BCUT2D eigenvalue weighted by Gasteiger charge is -2.22. The number of hydrogen-bond donors (Lipinski definition) is 2. The first kappa shape index (κ1) is 11.9. The molecule has 0 aliphatic rings. The summed E-state index contributed by atoms with van der Waals surface area (Å²) in [5, 5.41) is 1.13. The molecule has 17 heavy (non-hydrogen) atoms. The molecule has 0 spiro atoms. The van der Waals surface area contributed by atoms with Gasteiger partial charge in [-0.2, -0.15) is 0 Å². The Labute approximate surface area is 102 Å². The van der Waals surface area contributed by atoms with Gasteiger partial charge in [0.15, 0.2) is 0 Å². The topological polar surface area (TPSA) is 37.0 Å². The average molecular weight is 229 g/mol. The maximum Gasteiger partial charge on any atom is 0.0726 e. The number of anilines is 1. The van der Waals surface area contributed by atoms with E-state index in [4.69, 9.17) is 0 Å². The molecule has 0 atom stereocenters. The third-order valence-electron chi connectivity index (χ3n) is 2.42. The summed E-state index contributed by atoms with van der Waals surface area (Å²) in [7, 11) is 0. The molecule has 0 fully saturated rings. The summed E-state index contributed by atoms with van der Waals surface area (Å²) in [5.41, 5.74) is 9.69. The lowest BCUT2D eigenvalue weighted by Crippen LogP contribution is -2.40. The van der Waals surface area contributed by atoms with Crippen molar-refractivity contribution < 1.29 is 0 Å². The normalized spacial score (nSPS) is 11.8. The molecular formula is C14H19N3. The molecular weight excluding hydrogens is 210 g/mol. The van der Waals surface area contributed by atoms with Gasteiger partial charge in [-0.1, -0.05) is 18.2 Å². The van der Waals surface area contributed by atoms with Crippen molar-refractivity contribution in [1.82, 2.24) is 10.4 Å². The van der Waals surface area contributed by atoms with Crippen molar-refractivity contribution in [3.05, 3.63) is 36.0 Å². The summed E-state index contributed by atoms with van der Waals surface area (Å²) in [6.07, 6.45) is 0. The second-order valence-electron chi connectivity index (χ2n) is 5.33. The van der Waals surface area contributed by atoms with Gasteiger partial charge in [0.2, 0.25) is 0 Å². The van der Waals surface area contributed by atoms with Gasteiger partial charge in [0, 0.05) is 16.6 Å². The zero-order chi connectivity index (χ0) is 12.5. The van der Waals surface area contributed by atoms with Gasteiger partial charge in [0.1, 0.15) is 0 Å². The van der Waals surface area contributed by atoms with E-state index in [1.807, 2.05) is 25.1 Å². The number of para-hydroxylation sites is 1. The number of aromatic nitrogens is 1. The van der Waals surface area contributed by atoms with Crippen molar-refractivity contribution in [2.24, 2.45) is 0 Å². The highest BCUT2D eigenvalue weighted by atomic mass is 15.4. The number of pyridine rings is 1. The minimum absolute atomic E-state index is 0.0261. The Kier molecular flexibility index (Phi) is 3.03. The molecule has 0 aliphatic heterocycles. The van der Waals surface area contributed by atoms with E-state index in [0.29, 0.717) is 0 Å². The predicted molar refractivity (Wildman–Crippen MR) is 73.0 cm³/mol. The summed E-state index contributed by atoms with van der Waals surface area (Å²) in [5.74, 6) is 0. The van der Waals surface area contributed by atoms with Crippen LogP contribution in [0.15, 0.2) is 30.3 Å². The monoisotopic (exact) mass is 229 g/mol. The lowest BCUT2D eigenvalue weighted by molar-refractivity contribution is 0.466. The van der Waals surface area contributed by atoms with Crippen LogP contribution in [0.25, 0.3) is 10.9 Å². The number of hydrazine groups is 1. The standard InChI is InChI=1S/C14H19N3/c1-10-9-13(16-17-14(2,3)4)11-7-5-6-8-12(11)15-10/h5-9,17H,1-4H3,(H,15,16). The van der Waals surface area contributed by atoms with Crippen LogP contribution in [0.3, 0.4) is 0 Å². The highest BCUT2D eigenvalue weighted by molar-refractivity contribution is 5.91. The molecule has 0 saturated carbocycles. The second kappa shape index (κ2) is 4.34. The summed E-state index contributed by atoms with van der Waals surface area (Å²) in [6, 6.07) is 10.2. The molecule has 0 radical (unpaired) electrons. The van der Waals surface area contributed by atoms with Crippen LogP contribution in [0.1, 0.15) is 26.5 Å². The Morgan fingerprint density at radius 3 is 2.53 bits per heavy atom. The largest absolute Gasteiger partial charge is 0.320 e. The van der Waals surface area contributed by atoms with E-state index in [1.165, 1.54) is 0 Å². The Morgan fingerprint density at radius 2 is 1.82 bits per heavy atom. The molecule has 3 heteroatoms. The number of aryl methyl sites for hydroxylation is 1. The van der Waals surface area contributed by atoms with E-state index in [9.17, 15) is 0 Å². The van der Waals surface area contributed by atoms with Crippen molar-refractivity contribution in [2.75, 3.05) is 5.43 Å². The van der Waals surface area contributed by atoms with Crippen molar-refractivity contribution in [1.29, 1.82) is 0 Å². The number of rotatable bonds is 2. The van der Waals surface area contributed by atoms with Gasteiger partial charge in [-0.05, 0) is 39.8 Å². The van der Waals surface area contributed by atoms with Crippen molar-refractivity contribution >= 4 is 16.6 Å². The van der Waals surface area contributed by atoms with Crippen LogP contribution in [0, 0.1) is 6.92 Å². The molecule has 0 aliphatic carbocycles. The molecule has 1 aromatic carbocycles. The molecule has 0 amide bonds. The van der Waals surface area contributed by atoms with Gasteiger partial charge in [0.25, 0.3) is 0 Å². The first-order valence-corrected chi connectivity index (χ1v) is 5.85. The first-order chi connectivity index (χ1) is 7.96.